The topological polar surface area (TPSA) is 41.8 Å². The van der Waals surface area contributed by atoms with Gasteiger partial charge in [-0.25, -0.2) is 4.98 Å². The number of aromatic nitrogens is 2. The van der Waals surface area contributed by atoms with Crippen molar-refractivity contribution < 1.29 is 4.42 Å². The molecule has 6 rings (SSSR count). The Morgan fingerprint density at radius 1 is 0.815 bits per heavy atom. The van der Waals surface area contributed by atoms with Gasteiger partial charge in [-0.05, 0) is 41.3 Å². The van der Waals surface area contributed by atoms with E-state index in [0.717, 1.165) is 33.6 Å². The van der Waals surface area contributed by atoms with E-state index in [0.29, 0.717) is 0 Å². The first-order valence-electron chi connectivity index (χ1n) is 8.81. The molecule has 0 radical (unpaired) electrons. The Kier molecular flexibility index (Phi) is 3.04. The number of hydrogen-bond donors (Lipinski definition) is 1. The number of rotatable bonds is 2. The largest absolute Gasteiger partial charge is 0.453 e. The van der Waals surface area contributed by atoms with E-state index < -0.39 is 0 Å². The van der Waals surface area contributed by atoms with Gasteiger partial charge in [0.25, 0.3) is 0 Å². The smallest absolute Gasteiger partial charge is 0.174 e. The molecule has 3 heterocycles. The van der Waals surface area contributed by atoms with Crippen LogP contribution >= 0.6 is 11.3 Å². The summed E-state index contributed by atoms with van der Waals surface area (Å²) in [7, 11) is 0. The summed E-state index contributed by atoms with van der Waals surface area (Å²) in [5.41, 5.74) is 5.27. The van der Waals surface area contributed by atoms with E-state index >= 15 is 0 Å². The first kappa shape index (κ1) is 14.8. The first-order valence-corrected chi connectivity index (χ1v) is 9.69. The molecular weight excluding hydrogens is 352 g/mol. The van der Waals surface area contributed by atoms with Crippen LogP contribution in [-0.2, 0) is 0 Å². The van der Waals surface area contributed by atoms with Crippen molar-refractivity contribution in [3.05, 3.63) is 78.2 Å². The Labute approximate surface area is 158 Å². The maximum atomic E-state index is 6.14. The minimum absolute atomic E-state index is 0.758. The number of para-hydroxylation sites is 2. The summed E-state index contributed by atoms with van der Waals surface area (Å²) in [6.45, 7) is 0. The molecule has 0 spiro atoms. The molecule has 27 heavy (non-hydrogen) atoms. The van der Waals surface area contributed by atoms with Crippen molar-refractivity contribution in [1.82, 2.24) is 9.97 Å². The molecule has 3 aromatic carbocycles. The quantitative estimate of drug-likeness (QED) is 0.364. The summed E-state index contributed by atoms with van der Waals surface area (Å²) in [5.74, 6) is 1.52. The summed E-state index contributed by atoms with van der Waals surface area (Å²) < 4.78 is 7.44. The van der Waals surface area contributed by atoms with Crippen molar-refractivity contribution in [2.75, 3.05) is 0 Å². The van der Waals surface area contributed by atoms with Gasteiger partial charge in [0, 0.05) is 21.0 Å². The van der Waals surface area contributed by atoms with E-state index in [9.17, 15) is 0 Å². The third-order valence-corrected chi connectivity index (χ3v) is 5.92. The molecule has 3 aromatic heterocycles. The van der Waals surface area contributed by atoms with Crippen LogP contribution in [0.3, 0.4) is 0 Å². The van der Waals surface area contributed by atoms with E-state index in [1.54, 1.807) is 11.3 Å². The zero-order valence-corrected chi connectivity index (χ0v) is 15.1. The first-order chi connectivity index (χ1) is 13.4. The number of nitrogens with one attached hydrogen (secondary N) is 1. The van der Waals surface area contributed by atoms with E-state index in [1.807, 2.05) is 30.3 Å². The van der Waals surface area contributed by atoms with Crippen molar-refractivity contribution in [3.8, 4) is 22.7 Å². The standard InChI is InChI=1S/C23H14N2OS/c1-4-11-22-15(6-1)17(13-27-22)14-7-5-10-20-16(14)12-21(26-20)23-24-18-8-2-3-9-19(18)25-23/h1-13H,(H,24,25). The van der Waals surface area contributed by atoms with Gasteiger partial charge >= 0.3 is 0 Å². The van der Waals surface area contributed by atoms with Gasteiger partial charge in [0.15, 0.2) is 11.6 Å². The van der Waals surface area contributed by atoms with Crippen LogP contribution in [-0.4, -0.2) is 9.97 Å². The van der Waals surface area contributed by atoms with E-state index in [-0.39, 0.29) is 0 Å². The highest BCUT2D eigenvalue weighted by Crippen LogP contribution is 2.39. The number of fused-ring (bicyclic) bond motifs is 3. The Morgan fingerprint density at radius 2 is 1.70 bits per heavy atom. The van der Waals surface area contributed by atoms with Gasteiger partial charge in [-0.1, -0.05) is 42.5 Å². The zero-order valence-electron chi connectivity index (χ0n) is 14.3. The lowest BCUT2D eigenvalue weighted by atomic mass is 10.0. The molecule has 0 aliphatic rings. The van der Waals surface area contributed by atoms with Gasteiger partial charge in [0.1, 0.15) is 5.58 Å². The van der Waals surface area contributed by atoms with E-state index in [4.69, 9.17) is 4.42 Å². The number of H-pyrrole nitrogens is 1. The molecule has 0 aliphatic heterocycles. The molecular formula is C23H14N2OS. The number of hydrogen-bond acceptors (Lipinski definition) is 3. The van der Waals surface area contributed by atoms with Crippen molar-refractivity contribution in [1.29, 1.82) is 0 Å². The molecule has 0 atom stereocenters. The highest BCUT2D eigenvalue weighted by atomic mass is 32.1. The van der Waals surface area contributed by atoms with Crippen LogP contribution in [0.5, 0.6) is 0 Å². The summed E-state index contributed by atoms with van der Waals surface area (Å²) >= 11 is 1.77. The van der Waals surface area contributed by atoms with Gasteiger partial charge < -0.3 is 9.40 Å². The molecule has 0 fully saturated rings. The van der Waals surface area contributed by atoms with Crippen molar-refractivity contribution in [2.24, 2.45) is 0 Å². The molecule has 0 saturated heterocycles. The van der Waals surface area contributed by atoms with Crippen LogP contribution in [0.25, 0.3) is 54.8 Å². The second-order valence-corrected chi connectivity index (χ2v) is 7.49. The molecule has 0 aliphatic carbocycles. The molecule has 128 valence electrons. The summed E-state index contributed by atoms with van der Waals surface area (Å²) in [4.78, 5) is 8.03. The normalized spacial score (nSPS) is 11.7. The maximum Gasteiger partial charge on any atom is 0.174 e. The predicted octanol–water partition coefficient (Wildman–Crippen LogP) is 6.86. The van der Waals surface area contributed by atoms with Crippen LogP contribution in [0.2, 0.25) is 0 Å². The van der Waals surface area contributed by atoms with Gasteiger partial charge in [0.2, 0.25) is 0 Å². The van der Waals surface area contributed by atoms with E-state index in [2.05, 4.69) is 57.8 Å². The Morgan fingerprint density at radius 3 is 2.67 bits per heavy atom. The lowest BCUT2D eigenvalue weighted by Crippen LogP contribution is -1.76. The molecule has 0 unspecified atom stereocenters. The lowest BCUT2D eigenvalue weighted by Gasteiger charge is -2.01. The highest BCUT2D eigenvalue weighted by Gasteiger charge is 2.15. The van der Waals surface area contributed by atoms with Gasteiger partial charge in [-0.15, -0.1) is 11.3 Å². The fourth-order valence-electron chi connectivity index (χ4n) is 3.67. The molecule has 0 saturated carbocycles. The molecule has 0 bridgehead atoms. The molecule has 4 heteroatoms. The number of thiophene rings is 1. The molecule has 1 N–H and O–H groups in total. The van der Waals surface area contributed by atoms with Gasteiger partial charge in [-0.3, -0.25) is 0 Å². The highest BCUT2D eigenvalue weighted by molar-refractivity contribution is 7.17. The van der Waals surface area contributed by atoms with Crippen molar-refractivity contribution in [3.63, 3.8) is 0 Å². The molecule has 3 nitrogen and oxygen atoms in total. The van der Waals surface area contributed by atoms with Crippen LogP contribution in [0.15, 0.2) is 82.6 Å². The molecule has 6 aromatic rings. The number of nitrogens with zero attached hydrogens (tertiary/aromatic N) is 1. The van der Waals surface area contributed by atoms with Crippen LogP contribution in [0.1, 0.15) is 0 Å². The van der Waals surface area contributed by atoms with Crippen LogP contribution < -0.4 is 0 Å². The predicted molar refractivity (Wildman–Crippen MR) is 112 cm³/mol. The maximum absolute atomic E-state index is 6.14. The van der Waals surface area contributed by atoms with E-state index in [1.165, 1.54) is 21.2 Å². The second kappa shape index (κ2) is 5.56. The summed E-state index contributed by atoms with van der Waals surface area (Å²) in [5, 5.41) is 4.62. The fourth-order valence-corrected chi connectivity index (χ4v) is 4.63. The van der Waals surface area contributed by atoms with Gasteiger partial charge in [-0.2, -0.15) is 0 Å². The lowest BCUT2D eigenvalue weighted by molar-refractivity contribution is 0.627. The van der Waals surface area contributed by atoms with Crippen LogP contribution in [0, 0.1) is 0 Å². The third kappa shape index (κ3) is 2.24. The minimum atomic E-state index is 0.758. The van der Waals surface area contributed by atoms with Gasteiger partial charge in [0.05, 0.1) is 11.0 Å². The summed E-state index contributed by atoms with van der Waals surface area (Å²) in [6.07, 6.45) is 0. The second-order valence-electron chi connectivity index (χ2n) is 6.58. The Balaban J connectivity index is 1.57. The van der Waals surface area contributed by atoms with Crippen molar-refractivity contribution in [2.45, 2.75) is 0 Å². The zero-order chi connectivity index (χ0) is 17.8. The summed E-state index contributed by atoms with van der Waals surface area (Å²) in [6, 6.07) is 24.9. The average molecular weight is 366 g/mol. The number of aromatic amines is 1. The Hall–Kier alpha value is -3.37. The average Bonchev–Trinajstić information content (AvgIpc) is 3.42. The van der Waals surface area contributed by atoms with Crippen molar-refractivity contribution >= 4 is 43.4 Å². The third-order valence-electron chi connectivity index (χ3n) is 4.96. The SMILES string of the molecule is c1ccc2[nH]c(-c3cc4c(-c5csc6ccccc56)cccc4o3)nc2c1. The fraction of sp³-hybridized carbons (Fsp3) is 0. The number of furan rings is 1. The minimum Gasteiger partial charge on any atom is -0.453 e. The van der Waals surface area contributed by atoms with Crippen LogP contribution in [0.4, 0.5) is 0 Å². The molecule has 0 amide bonds. The Bertz CT molecular complexity index is 1400. The monoisotopic (exact) mass is 366 g/mol. The number of benzene rings is 3. The number of imidazole rings is 1.